The van der Waals surface area contributed by atoms with Crippen LogP contribution >= 0.6 is 0 Å². The fourth-order valence-electron chi connectivity index (χ4n) is 2.18. The van der Waals surface area contributed by atoms with E-state index in [-0.39, 0.29) is 5.92 Å². The number of carboxylic acid groups (broad SMARTS) is 1. The molecule has 0 bridgehead atoms. The number of carbonyl (C=O) groups is 1. The number of aromatic amines is 1. The first-order valence-corrected chi connectivity index (χ1v) is 5.17. The number of rotatable bonds is 1. The Bertz CT molecular complexity index is 561. The van der Waals surface area contributed by atoms with Crippen LogP contribution in [-0.4, -0.2) is 27.6 Å². The molecule has 1 aliphatic heterocycles. The summed E-state index contributed by atoms with van der Waals surface area (Å²) >= 11 is 0. The average Bonchev–Trinajstić information content (AvgIpc) is 2.56. The summed E-state index contributed by atoms with van der Waals surface area (Å²) in [5.41, 5.74) is 2.80. The molecule has 5 heteroatoms. The SMILES string of the molecule is O=C(O)C1CNc2ccnc3[nH]cc(c23)C1. The van der Waals surface area contributed by atoms with E-state index in [9.17, 15) is 4.79 Å². The Morgan fingerprint density at radius 3 is 3.25 bits per heavy atom. The third-order valence-electron chi connectivity index (χ3n) is 3.01. The Labute approximate surface area is 91.5 Å². The second-order valence-electron chi connectivity index (χ2n) is 4.02. The Balaban J connectivity index is 2.15. The van der Waals surface area contributed by atoms with Gasteiger partial charge in [-0.1, -0.05) is 0 Å². The molecule has 0 fully saturated rings. The maximum atomic E-state index is 11.0. The molecule has 3 N–H and O–H groups in total. The number of anilines is 1. The second-order valence-corrected chi connectivity index (χ2v) is 4.02. The molecule has 82 valence electrons. The quantitative estimate of drug-likeness (QED) is 0.671. The first-order valence-electron chi connectivity index (χ1n) is 5.17. The van der Waals surface area contributed by atoms with Gasteiger partial charge in [-0.05, 0) is 18.1 Å². The molecule has 0 spiro atoms. The van der Waals surface area contributed by atoms with Crippen molar-refractivity contribution in [2.75, 3.05) is 11.9 Å². The lowest BCUT2D eigenvalue weighted by Crippen LogP contribution is -2.23. The summed E-state index contributed by atoms with van der Waals surface area (Å²) < 4.78 is 0. The maximum Gasteiger partial charge on any atom is 0.308 e. The Morgan fingerprint density at radius 2 is 2.44 bits per heavy atom. The van der Waals surface area contributed by atoms with Crippen LogP contribution in [0.1, 0.15) is 5.56 Å². The summed E-state index contributed by atoms with van der Waals surface area (Å²) in [5.74, 6) is -1.14. The van der Waals surface area contributed by atoms with E-state index in [0.717, 1.165) is 22.3 Å². The van der Waals surface area contributed by atoms with Gasteiger partial charge in [0.1, 0.15) is 5.65 Å². The van der Waals surface area contributed by atoms with Gasteiger partial charge in [0.05, 0.1) is 5.92 Å². The molecule has 16 heavy (non-hydrogen) atoms. The van der Waals surface area contributed by atoms with Crippen molar-refractivity contribution < 1.29 is 9.90 Å². The zero-order valence-electron chi connectivity index (χ0n) is 8.53. The highest BCUT2D eigenvalue weighted by Gasteiger charge is 2.24. The highest BCUT2D eigenvalue weighted by atomic mass is 16.4. The van der Waals surface area contributed by atoms with Crippen LogP contribution in [0.25, 0.3) is 11.0 Å². The van der Waals surface area contributed by atoms with Crippen LogP contribution in [0.2, 0.25) is 0 Å². The highest BCUT2D eigenvalue weighted by Crippen LogP contribution is 2.29. The molecule has 1 atom stereocenters. The summed E-state index contributed by atoms with van der Waals surface area (Å²) in [7, 11) is 0. The summed E-state index contributed by atoms with van der Waals surface area (Å²) in [4.78, 5) is 18.3. The van der Waals surface area contributed by atoms with Gasteiger partial charge in [-0.15, -0.1) is 0 Å². The van der Waals surface area contributed by atoms with E-state index in [2.05, 4.69) is 15.3 Å². The van der Waals surface area contributed by atoms with Crippen molar-refractivity contribution in [3.8, 4) is 0 Å². The predicted octanol–water partition coefficient (Wildman–Crippen LogP) is 1.23. The first-order chi connectivity index (χ1) is 7.75. The van der Waals surface area contributed by atoms with Crippen molar-refractivity contribution in [2.45, 2.75) is 6.42 Å². The number of aliphatic carboxylic acids is 1. The van der Waals surface area contributed by atoms with Crippen molar-refractivity contribution in [2.24, 2.45) is 5.92 Å². The zero-order valence-corrected chi connectivity index (χ0v) is 8.53. The van der Waals surface area contributed by atoms with Crippen LogP contribution in [0.4, 0.5) is 5.69 Å². The Morgan fingerprint density at radius 1 is 1.56 bits per heavy atom. The molecule has 3 heterocycles. The van der Waals surface area contributed by atoms with Crippen LogP contribution in [-0.2, 0) is 11.2 Å². The van der Waals surface area contributed by atoms with Crippen molar-refractivity contribution >= 4 is 22.7 Å². The number of hydrogen-bond donors (Lipinski definition) is 3. The number of H-pyrrole nitrogens is 1. The monoisotopic (exact) mass is 217 g/mol. The number of hydrogen-bond acceptors (Lipinski definition) is 3. The molecular formula is C11H11N3O2. The summed E-state index contributed by atoms with van der Waals surface area (Å²) in [6.07, 6.45) is 4.11. The highest BCUT2D eigenvalue weighted by molar-refractivity contribution is 5.93. The van der Waals surface area contributed by atoms with Crippen LogP contribution in [0.3, 0.4) is 0 Å². The lowest BCUT2D eigenvalue weighted by atomic mass is 10.0. The average molecular weight is 217 g/mol. The molecule has 3 rings (SSSR count). The molecule has 5 nitrogen and oxygen atoms in total. The lowest BCUT2D eigenvalue weighted by molar-refractivity contribution is -0.141. The maximum absolute atomic E-state index is 11.0. The van der Waals surface area contributed by atoms with E-state index in [4.69, 9.17) is 5.11 Å². The standard InChI is InChI=1S/C11H11N3O2/c15-11(16)7-3-6-4-14-10-9(6)8(13-5-7)1-2-12-10/h1-2,4,7,13H,3,5H2,(H,12,14)(H,15,16). The second kappa shape index (κ2) is 3.23. The van der Waals surface area contributed by atoms with E-state index >= 15 is 0 Å². The third-order valence-corrected chi connectivity index (χ3v) is 3.01. The van der Waals surface area contributed by atoms with Gasteiger partial charge in [0, 0.05) is 30.0 Å². The van der Waals surface area contributed by atoms with E-state index < -0.39 is 5.97 Å². The minimum atomic E-state index is -0.761. The van der Waals surface area contributed by atoms with Gasteiger partial charge in [-0.2, -0.15) is 0 Å². The molecule has 2 aromatic rings. The number of pyridine rings is 1. The van der Waals surface area contributed by atoms with Gasteiger partial charge in [-0.3, -0.25) is 4.79 Å². The van der Waals surface area contributed by atoms with Gasteiger partial charge in [0.15, 0.2) is 0 Å². The minimum absolute atomic E-state index is 0.383. The van der Waals surface area contributed by atoms with Crippen LogP contribution in [0.5, 0.6) is 0 Å². The number of nitrogens with one attached hydrogen (secondary N) is 2. The van der Waals surface area contributed by atoms with Gasteiger partial charge in [-0.25, -0.2) is 4.98 Å². The Hall–Kier alpha value is -2.04. The van der Waals surface area contributed by atoms with E-state index in [0.29, 0.717) is 13.0 Å². The van der Waals surface area contributed by atoms with Gasteiger partial charge >= 0.3 is 5.97 Å². The van der Waals surface area contributed by atoms with Crippen molar-refractivity contribution in [3.63, 3.8) is 0 Å². The van der Waals surface area contributed by atoms with E-state index in [1.165, 1.54) is 0 Å². The molecule has 1 aliphatic rings. The smallest absolute Gasteiger partial charge is 0.308 e. The molecular weight excluding hydrogens is 206 g/mol. The normalized spacial score (nSPS) is 19.1. The molecule has 0 radical (unpaired) electrons. The Kier molecular flexibility index (Phi) is 1.86. The van der Waals surface area contributed by atoms with Gasteiger partial charge < -0.3 is 15.4 Å². The molecule has 0 amide bonds. The molecule has 2 aromatic heterocycles. The summed E-state index contributed by atoms with van der Waals surface area (Å²) in [6.45, 7) is 0.461. The van der Waals surface area contributed by atoms with E-state index in [1.54, 1.807) is 6.20 Å². The summed E-state index contributed by atoms with van der Waals surface area (Å²) in [6, 6.07) is 1.88. The van der Waals surface area contributed by atoms with Crippen LogP contribution in [0, 0.1) is 5.92 Å². The molecule has 0 aromatic carbocycles. The summed E-state index contributed by atoms with van der Waals surface area (Å²) in [5, 5.41) is 13.3. The number of carboxylic acids is 1. The van der Waals surface area contributed by atoms with Crippen molar-refractivity contribution in [3.05, 3.63) is 24.0 Å². The molecule has 0 saturated heterocycles. The topological polar surface area (TPSA) is 78.0 Å². The molecule has 1 unspecified atom stereocenters. The fraction of sp³-hybridized carbons (Fsp3) is 0.273. The number of aromatic nitrogens is 2. The molecule has 0 aliphatic carbocycles. The van der Waals surface area contributed by atoms with Crippen LogP contribution in [0.15, 0.2) is 18.5 Å². The third kappa shape index (κ3) is 1.25. The van der Waals surface area contributed by atoms with Gasteiger partial charge in [0.25, 0.3) is 0 Å². The number of nitrogens with zero attached hydrogens (tertiary/aromatic N) is 1. The lowest BCUT2D eigenvalue weighted by Gasteiger charge is -2.09. The minimum Gasteiger partial charge on any atom is -0.481 e. The molecule has 0 saturated carbocycles. The largest absolute Gasteiger partial charge is 0.481 e. The van der Waals surface area contributed by atoms with Crippen molar-refractivity contribution in [1.29, 1.82) is 0 Å². The zero-order chi connectivity index (χ0) is 11.1. The van der Waals surface area contributed by atoms with E-state index in [1.807, 2.05) is 12.3 Å². The first kappa shape index (κ1) is 9.21. The van der Waals surface area contributed by atoms with Crippen molar-refractivity contribution in [1.82, 2.24) is 9.97 Å². The predicted molar refractivity (Wildman–Crippen MR) is 59.4 cm³/mol. The van der Waals surface area contributed by atoms with Crippen LogP contribution < -0.4 is 5.32 Å². The van der Waals surface area contributed by atoms with Gasteiger partial charge in [0.2, 0.25) is 0 Å². The fourth-order valence-corrected chi connectivity index (χ4v) is 2.18.